The van der Waals surface area contributed by atoms with Crippen LogP contribution in [0.1, 0.15) is 10.5 Å². The lowest BCUT2D eigenvalue weighted by molar-refractivity contribution is 0.0377. The molecule has 0 spiro atoms. The van der Waals surface area contributed by atoms with E-state index in [1.165, 1.54) is 28.8 Å². The highest BCUT2D eigenvalue weighted by atomic mass is 19.1. The molecule has 7 heteroatoms. The summed E-state index contributed by atoms with van der Waals surface area (Å²) in [5.41, 5.74) is 0.902. The summed E-state index contributed by atoms with van der Waals surface area (Å²) in [6.07, 6.45) is 0.873. The summed E-state index contributed by atoms with van der Waals surface area (Å²) >= 11 is 0. The molecule has 118 valence electrons. The molecule has 1 amide bonds. The van der Waals surface area contributed by atoms with Crippen molar-refractivity contribution < 1.29 is 19.0 Å². The molecule has 0 fully saturated rings. The van der Waals surface area contributed by atoms with Gasteiger partial charge in [-0.15, -0.1) is 0 Å². The van der Waals surface area contributed by atoms with Crippen LogP contribution in [0.3, 0.4) is 0 Å². The Balaban J connectivity index is 2.07. The Labute approximate surface area is 127 Å². The van der Waals surface area contributed by atoms with E-state index < -0.39 is 6.10 Å². The van der Waals surface area contributed by atoms with E-state index in [2.05, 4.69) is 5.10 Å². The summed E-state index contributed by atoms with van der Waals surface area (Å²) in [6, 6.07) is 7.37. The highest BCUT2D eigenvalue weighted by Gasteiger charge is 2.18. The first kappa shape index (κ1) is 16.1. The van der Waals surface area contributed by atoms with Crippen molar-refractivity contribution in [2.75, 3.05) is 27.3 Å². The normalized spacial score (nSPS) is 12.2. The van der Waals surface area contributed by atoms with Crippen LogP contribution in [0.4, 0.5) is 4.39 Å². The summed E-state index contributed by atoms with van der Waals surface area (Å²) in [6.45, 7) is 0.303. The Morgan fingerprint density at radius 3 is 2.73 bits per heavy atom. The molecule has 1 aromatic carbocycles. The fraction of sp³-hybridized carbons (Fsp3) is 0.333. The monoisotopic (exact) mass is 307 g/mol. The van der Waals surface area contributed by atoms with Crippen LogP contribution in [0.25, 0.3) is 5.69 Å². The molecule has 1 aromatic heterocycles. The number of amides is 1. The van der Waals surface area contributed by atoms with E-state index in [1.54, 1.807) is 31.4 Å². The van der Waals surface area contributed by atoms with Gasteiger partial charge in [-0.3, -0.25) is 4.79 Å². The zero-order valence-corrected chi connectivity index (χ0v) is 12.4. The molecule has 1 N–H and O–H groups in total. The minimum atomic E-state index is -0.752. The van der Waals surface area contributed by atoms with E-state index in [0.717, 1.165) is 0 Å². The smallest absolute Gasteiger partial charge is 0.274 e. The van der Waals surface area contributed by atoms with Crippen molar-refractivity contribution in [2.24, 2.45) is 0 Å². The zero-order chi connectivity index (χ0) is 16.1. The summed E-state index contributed by atoms with van der Waals surface area (Å²) in [5, 5.41) is 13.8. The largest absolute Gasteiger partial charge is 0.389 e. The molecule has 2 rings (SSSR count). The van der Waals surface area contributed by atoms with Crippen molar-refractivity contribution in [3.63, 3.8) is 0 Å². The number of methoxy groups -OCH3 is 1. The van der Waals surface area contributed by atoms with Gasteiger partial charge in [0.1, 0.15) is 5.82 Å². The third-order valence-electron chi connectivity index (χ3n) is 3.09. The summed E-state index contributed by atoms with van der Waals surface area (Å²) < 4.78 is 19.2. The lowest BCUT2D eigenvalue weighted by Crippen LogP contribution is -2.36. The number of carbonyl (C=O) groups excluding carboxylic acids is 1. The molecular formula is C15H18FN3O3. The van der Waals surface area contributed by atoms with E-state index in [1.807, 2.05) is 0 Å². The molecule has 1 atom stereocenters. The van der Waals surface area contributed by atoms with Crippen molar-refractivity contribution >= 4 is 5.91 Å². The molecule has 1 unspecified atom stereocenters. The minimum absolute atomic E-state index is 0.149. The van der Waals surface area contributed by atoms with Crippen LogP contribution in [0.5, 0.6) is 0 Å². The number of hydrogen-bond acceptors (Lipinski definition) is 4. The molecule has 0 aliphatic carbocycles. The van der Waals surface area contributed by atoms with Gasteiger partial charge in [-0.05, 0) is 30.3 Å². The predicted molar refractivity (Wildman–Crippen MR) is 78.4 cm³/mol. The second kappa shape index (κ2) is 7.15. The number of likely N-dealkylation sites (N-methyl/N-ethyl adjacent to an activating group) is 1. The maximum Gasteiger partial charge on any atom is 0.274 e. The number of ether oxygens (including phenoxy) is 1. The van der Waals surface area contributed by atoms with Crippen LogP contribution in [-0.2, 0) is 4.74 Å². The van der Waals surface area contributed by atoms with E-state index in [0.29, 0.717) is 5.69 Å². The number of aliphatic hydroxyl groups is 1. The predicted octanol–water partition coefficient (Wildman–Crippen LogP) is 1.09. The van der Waals surface area contributed by atoms with Crippen LogP contribution >= 0.6 is 0 Å². The van der Waals surface area contributed by atoms with E-state index in [4.69, 9.17) is 4.74 Å². The van der Waals surface area contributed by atoms with Gasteiger partial charge in [0, 0.05) is 26.9 Å². The van der Waals surface area contributed by atoms with Crippen molar-refractivity contribution in [2.45, 2.75) is 6.10 Å². The molecule has 0 aliphatic rings. The lowest BCUT2D eigenvalue weighted by atomic mass is 10.3. The zero-order valence-electron chi connectivity index (χ0n) is 12.4. The Morgan fingerprint density at radius 2 is 2.09 bits per heavy atom. The Kier molecular flexibility index (Phi) is 5.24. The van der Waals surface area contributed by atoms with Gasteiger partial charge in [0.15, 0.2) is 5.69 Å². The fourth-order valence-corrected chi connectivity index (χ4v) is 2.02. The van der Waals surface area contributed by atoms with Gasteiger partial charge in [-0.2, -0.15) is 5.10 Å². The molecule has 0 bridgehead atoms. The number of carbonyl (C=O) groups is 1. The van der Waals surface area contributed by atoms with Crippen LogP contribution in [0, 0.1) is 5.82 Å². The molecule has 0 aliphatic heterocycles. The molecular weight excluding hydrogens is 289 g/mol. The molecule has 22 heavy (non-hydrogen) atoms. The first-order chi connectivity index (χ1) is 10.5. The van der Waals surface area contributed by atoms with Gasteiger partial charge < -0.3 is 14.7 Å². The van der Waals surface area contributed by atoms with Crippen LogP contribution in [-0.4, -0.2) is 59.1 Å². The summed E-state index contributed by atoms with van der Waals surface area (Å²) in [5.74, 6) is -0.643. The number of benzene rings is 1. The van der Waals surface area contributed by atoms with E-state index in [9.17, 15) is 14.3 Å². The maximum atomic E-state index is 12.9. The maximum absolute atomic E-state index is 12.9. The standard InChI is InChI=1S/C15H18FN3O3/c1-18(9-13(20)10-22-2)15(21)14-7-8-19(17-14)12-5-3-11(16)4-6-12/h3-8,13,20H,9-10H2,1-2H3. The molecule has 0 saturated carbocycles. The lowest BCUT2D eigenvalue weighted by Gasteiger charge is -2.19. The quantitative estimate of drug-likeness (QED) is 0.867. The number of aromatic nitrogens is 2. The van der Waals surface area contributed by atoms with Crippen LogP contribution < -0.4 is 0 Å². The highest BCUT2D eigenvalue weighted by Crippen LogP contribution is 2.10. The average Bonchev–Trinajstić information content (AvgIpc) is 2.97. The SMILES string of the molecule is COCC(O)CN(C)C(=O)c1ccn(-c2ccc(F)cc2)n1. The third kappa shape index (κ3) is 3.90. The average molecular weight is 307 g/mol. The highest BCUT2D eigenvalue weighted by molar-refractivity contribution is 5.92. The van der Waals surface area contributed by atoms with Gasteiger partial charge in [0.2, 0.25) is 0 Å². The summed E-state index contributed by atoms with van der Waals surface area (Å²) in [7, 11) is 3.06. The van der Waals surface area contributed by atoms with Crippen LogP contribution in [0.2, 0.25) is 0 Å². The number of nitrogens with zero attached hydrogens (tertiary/aromatic N) is 3. The van der Waals surface area contributed by atoms with Crippen LogP contribution in [0.15, 0.2) is 36.5 Å². The first-order valence-corrected chi connectivity index (χ1v) is 6.75. The molecule has 6 nitrogen and oxygen atoms in total. The number of hydrogen-bond donors (Lipinski definition) is 1. The number of aliphatic hydroxyl groups excluding tert-OH is 1. The van der Waals surface area contributed by atoms with Gasteiger partial charge >= 0.3 is 0 Å². The Hall–Kier alpha value is -2.25. The third-order valence-corrected chi connectivity index (χ3v) is 3.09. The van der Waals surface area contributed by atoms with Crippen molar-refractivity contribution in [1.29, 1.82) is 0 Å². The number of halogens is 1. The molecule has 1 heterocycles. The number of rotatable bonds is 6. The van der Waals surface area contributed by atoms with Gasteiger partial charge in [0.25, 0.3) is 5.91 Å². The second-order valence-corrected chi connectivity index (χ2v) is 4.92. The Morgan fingerprint density at radius 1 is 1.41 bits per heavy atom. The van der Waals surface area contributed by atoms with E-state index in [-0.39, 0.29) is 30.6 Å². The second-order valence-electron chi connectivity index (χ2n) is 4.92. The molecule has 0 radical (unpaired) electrons. The van der Waals surface area contributed by atoms with Crippen molar-refractivity contribution in [3.8, 4) is 5.69 Å². The first-order valence-electron chi connectivity index (χ1n) is 6.75. The van der Waals surface area contributed by atoms with Gasteiger partial charge in [-0.25, -0.2) is 9.07 Å². The van der Waals surface area contributed by atoms with Crippen molar-refractivity contribution in [1.82, 2.24) is 14.7 Å². The minimum Gasteiger partial charge on any atom is -0.389 e. The van der Waals surface area contributed by atoms with Crippen molar-refractivity contribution in [3.05, 3.63) is 48.0 Å². The topological polar surface area (TPSA) is 67.6 Å². The fourth-order valence-electron chi connectivity index (χ4n) is 2.02. The Bertz CT molecular complexity index is 627. The van der Waals surface area contributed by atoms with Gasteiger partial charge in [-0.1, -0.05) is 0 Å². The molecule has 2 aromatic rings. The molecule has 0 saturated heterocycles. The summed E-state index contributed by atoms with van der Waals surface area (Å²) in [4.78, 5) is 13.6. The van der Waals surface area contributed by atoms with Gasteiger partial charge in [0.05, 0.1) is 18.4 Å². The van der Waals surface area contributed by atoms with E-state index >= 15 is 0 Å².